The van der Waals surface area contributed by atoms with Crippen LogP contribution in [0.1, 0.15) is 5.56 Å². The van der Waals surface area contributed by atoms with Crippen LogP contribution in [0.5, 0.6) is 0 Å². The Hall–Kier alpha value is -0.910. The third-order valence-corrected chi connectivity index (χ3v) is 2.77. The maximum atomic E-state index is 10.9. The van der Waals surface area contributed by atoms with Crippen molar-refractivity contribution in [3.05, 3.63) is 36.9 Å². The van der Waals surface area contributed by atoms with E-state index in [1.807, 2.05) is 0 Å². The van der Waals surface area contributed by atoms with Gasteiger partial charge in [-0.2, -0.15) is 0 Å². The van der Waals surface area contributed by atoms with Gasteiger partial charge in [0.15, 0.2) is 0 Å². The van der Waals surface area contributed by atoms with E-state index in [1.165, 1.54) is 12.1 Å². The van der Waals surface area contributed by atoms with E-state index in [1.54, 1.807) is 12.1 Å². The fraction of sp³-hybridized carbons (Fsp3) is 0.222. The highest BCUT2D eigenvalue weighted by Gasteiger charge is 2.06. The molecule has 0 aliphatic heterocycles. The molecule has 1 aromatic rings. The van der Waals surface area contributed by atoms with Crippen LogP contribution >= 0.6 is 0 Å². The number of hydrogen-bond donors (Lipinski definition) is 2. The molecule has 0 atom stereocenters. The molecule has 0 heterocycles. The average Bonchev–Trinajstić information content (AvgIpc) is 2.14. The van der Waals surface area contributed by atoms with Crippen molar-refractivity contribution in [1.29, 1.82) is 0 Å². The van der Waals surface area contributed by atoms with Crippen LogP contribution in [0.3, 0.4) is 0 Å². The normalized spacial score (nSPS) is 11.6. The zero-order chi connectivity index (χ0) is 10.6. The summed E-state index contributed by atoms with van der Waals surface area (Å²) in [6.07, 6.45) is 0.814. The van der Waals surface area contributed by atoms with Crippen LogP contribution in [-0.4, -0.2) is 15.0 Å². The Labute approximate surface area is 84.2 Å². The Bertz CT molecular complexity index is 384. The Morgan fingerprint density at radius 2 is 1.86 bits per heavy atom. The van der Waals surface area contributed by atoms with Crippen molar-refractivity contribution in [2.75, 3.05) is 6.54 Å². The van der Waals surface area contributed by atoms with Gasteiger partial charge in [0.1, 0.15) is 0 Å². The summed E-state index contributed by atoms with van der Waals surface area (Å²) in [5.41, 5.74) is 1.05. The molecule has 0 saturated heterocycles. The van der Waals surface area contributed by atoms with Crippen molar-refractivity contribution in [1.82, 2.24) is 0 Å². The third kappa shape index (κ3) is 3.10. The van der Waals surface area contributed by atoms with Crippen LogP contribution in [0.2, 0.25) is 0 Å². The predicted octanol–water partition coefficient (Wildman–Crippen LogP) is -0.983. The number of rotatable bonds is 4. The van der Waals surface area contributed by atoms with Gasteiger partial charge >= 0.3 is 0 Å². The smallest absolute Gasteiger partial charge is 0.238 e. The van der Waals surface area contributed by atoms with E-state index in [0.29, 0.717) is 0 Å². The molecule has 0 aliphatic rings. The number of primary sulfonamides is 1. The molecule has 0 fully saturated rings. The SMILES string of the molecule is [CH2-][NH+]CCc1ccc(S(N)(=O)=O)cc1. The van der Waals surface area contributed by atoms with E-state index in [2.05, 4.69) is 12.4 Å². The maximum Gasteiger partial charge on any atom is 0.238 e. The first kappa shape index (κ1) is 11.2. The van der Waals surface area contributed by atoms with Gasteiger partial charge in [0.2, 0.25) is 10.0 Å². The number of nitrogens with two attached hydrogens (primary N) is 1. The zero-order valence-electron chi connectivity index (χ0n) is 7.73. The topological polar surface area (TPSA) is 75.8 Å². The van der Waals surface area contributed by atoms with Crippen molar-refractivity contribution in [3.63, 3.8) is 0 Å². The monoisotopic (exact) mass is 213 g/mol. The lowest BCUT2D eigenvalue weighted by Crippen LogP contribution is -2.77. The lowest BCUT2D eigenvalue weighted by molar-refractivity contribution is -0.594. The third-order valence-electron chi connectivity index (χ3n) is 1.84. The molecular formula is C9H13N2O2S. The maximum absolute atomic E-state index is 10.9. The minimum absolute atomic E-state index is 0.142. The van der Waals surface area contributed by atoms with Gasteiger partial charge in [-0.3, -0.25) is 0 Å². The zero-order valence-corrected chi connectivity index (χ0v) is 8.55. The van der Waals surface area contributed by atoms with Crippen molar-refractivity contribution in [2.45, 2.75) is 11.3 Å². The highest BCUT2D eigenvalue weighted by atomic mass is 32.2. The molecule has 77 valence electrons. The second-order valence-corrected chi connectivity index (χ2v) is 4.50. The van der Waals surface area contributed by atoms with Crippen molar-refractivity contribution >= 4 is 10.0 Å². The van der Waals surface area contributed by atoms with Gasteiger partial charge < -0.3 is 5.32 Å². The minimum atomic E-state index is -3.57. The van der Waals surface area contributed by atoms with E-state index < -0.39 is 10.0 Å². The molecular weight excluding hydrogens is 200 g/mol. The fourth-order valence-corrected chi connectivity index (χ4v) is 1.59. The number of nitrogens with one attached hydrogen (secondary N) is 1. The first-order valence-electron chi connectivity index (χ1n) is 4.16. The highest BCUT2D eigenvalue weighted by Crippen LogP contribution is 2.08. The van der Waals surface area contributed by atoms with E-state index in [9.17, 15) is 8.42 Å². The molecule has 1 aromatic carbocycles. The predicted molar refractivity (Wildman–Crippen MR) is 52.7 cm³/mol. The quantitative estimate of drug-likeness (QED) is 0.631. The van der Waals surface area contributed by atoms with Gasteiger partial charge in [-0.1, -0.05) is 12.1 Å². The molecule has 0 saturated carbocycles. The average molecular weight is 213 g/mol. The number of sulfonamides is 1. The van der Waals surface area contributed by atoms with Crippen LogP contribution in [0.4, 0.5) is 0 Å². The summed E-state index contributed by atoms with van der Waals surface area (Å²) >= 11 is 0. The molecule has 14 heavy (non-hydrogen) atoms. The van der Waals surface area contributed by atoms with Crippen LogP contribution in [0.25, 0.3) is 0 Å². The summed E-state index contributed by atoms with van der Waals surface area (Å²) < 4.78 is 21.8. The Morgan fingerprint density at radius 1 is 1.29 bits per heavy atom. The second-order valence-electron chi connectivity index (χ2n) is 2.94. The van der Waals surface area contributed by atoms with Crippen molar-refractivity contribution in [2.24, 2.45) is 5.14 Å². The highest BCUT2D eigenvalue weighted by molar-refractivity contribution is 7.89. The Kier molecular flexibility index (Phi) is 3.62. The van der Waals surface area contributed by atoms with Crippen LogP contribution in [0.15, 0.2) is 29.2 Å². The molecule has 0 amide bonds. The lowest BCUT2D eigenvalue weighted by Gasteiger charge is -2.00. The molecule has 4 nitrogen and oxygen atoms in total. The number of hydrogen-bond acceptors (Lipinski definition) is 3. The Morgan fingerprint density at radius 3 is 2.29 bits per heavy atom. The van der Waals surface area contributed by atoms with Gasteiger partial charge in [-0.05, 0) is 17.7 Å². The van der Waals surface area contributed by atoms with Gasteiger partial charge in [0, 0.05) is 6.42 Å². The largest absolute Gasteiger partial charge is 0.334 e. The van der Waals surface area contributed by atoms with Gasteiger partial charge in [-0.15, -0.1) is 7.05 Å². The molecule has 0 aliphatic carbocycles. The van der Waals surface area contributed by atoms with E-state index in [-0.39, 0.29) is 4.90 Å². The molecule has 5 heteroatoms. The summed E-state index contributed by atoms with van der Waals surface area (Å²) in [6, 6.07) is 6.51. The summed E-state index contributed by atoms with van der Waals surface area (Å²) in [6.45, 7) is 0.759. The fourth-order valence-electron chi connectivity index (χ4n) is 1.08. The Balaban J connectivity index is 2.79. The van der Waals surface area contributed by atoms with E-state index in [0.717, 1.165) is 18.5 Å². The standard InChI is InChI=1S/C9H13N2O2S/c1-11-7-6-8-2-4-9(5-3-8)14(10,12)13/h2-5,11H,1,6-7H2,(H2,10,12,13). The van der Waals surface area contributed by atoms with E-state index in [4.69, 9.17) is 5.14 Å². The molecule has 0 aromatic heterocycles. The van der Waals surface area contributed by atoms with Crippen LogP contribution < -0.4 is 10.5 Å². The van der Waals surface area contributed by atoms with Crippen molar-refractivity contribution in [3.8, 4) is 0 Å². The summed E-state index contributed by atoms with van der Waals surface area (Å²) in [7, 11) is -0.0764. The minimum Gasteiger partial charge on any atom is -0.334 e. The first-order chi connectivity index (χ1) is 6.54. The van der Waals surface area contributed by atoms with Gasteiger partial charge in [0.05, 0.1) is 11.4 Å². The molecule has 0 spiro atoms. The summed E-state index contributed by atoms with van der Waals surface area (Å²) in [4.78, 5) is 0.142. The van der Waals surface area contributed by atoms with Gasteiger partial charge in [0.25, 0.3) is 0 Å². The molecule has 1 radical (unpaired) electrons. The van der Waals surface area contributed by atoms with Crippen LogP contribution in [0, 0.1) is 7.05 Å². The lowest BCUT2D eigenvalue weighted by atomic mass is 10.1. The molecule has 0 bridgehead atoms. The van der Waals surface area contributed by atoms with E-state index >= 15 is 0 Å². The second kappa shape index (κ2) is 4.54. The number of benzene rings is 1. The molecule has 3 N–H and O–H groups in total. The van der Waals surface area contributed by atoms with Crippen LogP contribution in [-0.2, 0) is 16.4 Å². The first-order valence-corrected chi connectivity index (χ1v) is 5.70. The molecule has 1 rings (SSSR count). The molecule has 0 unspecified atom stereocenters. The summed E-state index contributed by atoms with van der Waals surface area (Å²) in [5, 5.41) is 7.72. The van der Waals surface area contributed by atoms with Gasteiger partial charge in [-0.25, -0.2) is 13.6 Å². The van der Waals surface area contributed by atoms with Crippen molar-refractivity contribution < 1.29 is 13.7 Å². The summed E-state index contributed by atoms with van der Waals surface area (Å²) in [5.74, 6) is 0.